The van der Waals surface area contributed by atoms with Crippen LogP contribution >= 0.6 is 22.9 Å². The molecule has 2 aliphatic rings. The van der Waals surface area contributed by atoms with E-state index in [0.29, 0.717) is 11.1 Å². The van der Waals surface area contributed by atoms with Gasteiger partial charge in [0.05, 0.1) is 0 Å². The lowest BCUT2D eigenvalue weighted by Gasteiger charge is -2.27. The molecule has 0 radical (unpaired) electrons. The summed E-state index contributed by atoms with van der Waals surface area (Å²) in [5.74, 6) is 0.965. The molecule has 1 aromatic rings. The summed E-state index contributed by atoms with van der Waals surface area (Å²) >= 11 is 7.93. The second kappa shape index (κ2) is 6.02. The SMILES string of the molecule is CN(C(=O)C1CCC1)c1nc(Cl)c(C2CCCCC2)s1. The molecule has 0 aliphatic heterocycles. The molecule has 3 nitrogen and oxygen atoms in total. The van der Waals surface area contributed by atoms with Crippen molar-refractivity contribution in [1.29, 1.82) is 0 Å². The number of nitrogens with zero attached hydrogens (tertiary/aromatic N) is 2. The number of anilines is 1. The lowest BCUT2D eigenvalue weighted by molar-refractivity contribution is -0.124. The lowest BCUT2D eigenvalue weighted by Crippen LogP contribution is -2.36. The molecule has 0 N–H and O–H groups in total. The molecule has 1 amide bonds. The topological polar surface area (TPSA) is 33.2 Å². The molecule has 0 aromatic carbocycles. The third-order valence-corrected chi connectivity index (χ3v) is 6.34. The Morgan fingerprint density at radius 1 is 1.20 bits per heavy atom. The molecule has 110 valence electrons. The quantitative estimate of drug-likeness (QED) is 0.816. The second-order valence-electron chi connectivity index (χ2n) is 6.01. The zero-order valence-corrected chi connectivity index (χ0v) is 13.5. The summed E-state index contributed by atoms with van der Waals surface area (Å²) in [6, 6.07) is 0. The summed E-state index contributed by atoms with van der Waals surface area (Å²) in [7, 11) is 1.83. The van der Waals surface area contributed by atoms with E-state index in [1.165, 1.54) is 43.4 Å². The van der Waals surface area contributed by atoms with Gasteiger partial charge in [-0.2, -0.15) is 0 Å². The number of thiazole rings is 1. The predicted octanol–water partition coefficient (Wildman–Crippen LogP) is 4.61. The third kappa shape index (κ3) is 2.73. The van der Waals surface area contributed by atoms with Crippen LogP contribution in [0.15, 0.2) is 0 Å². The van der Waals surface area contributed by atoms with Crippen LogP contribution in [0.25, 0.3) is 0 Å². The van der Waals surface area contributed by atoms with Gasteiger partial charge < -0.3 is 0 Å². The summed E-state index contributed by atoms with van der Waals surface area (Å²) in [5, 5.41) is 1.39. The maximum absolute atomic E-state index is 12.3. The number of hydrogen-bond acceptors (Lipinski definition) is 3. The molecule has 0 spiro atoms. The average molecular weight is 313 g/mol. The van der Waals surface area contributed by atoms with E-state index in [9.17, 15) is 4.79 Å². The van der Waals surface area contributed by atoms with E-state index in [-0.39, 0.29) is 11.8 Å². The van der Waals surface area contributed by atoms with Crippen LogP contribution in [0, 0.1) is 5.92 Å². The first-order valence-electron chi connectivity index (χ1n) is 7.60. The zero-order valence-electron chi connectivity index (χ0n) is 11.9. The van der Waals surface area contributed by atoms with Gasteiger partial charge in [-0.25, -0.2) is 4.98 Å². The van der Waals surface area contributed by atoms with Gasteiger partial charge in [-0.05, 0) is 31.6 Å². The monoisotopic (exact) mass is 312 g/mol. The predicted molar refractivity (Wildman–Crippen MR) is 83.7 cm³/mol. The first-order chi connectivity index (χ1) is 9.66. The Morgan fingerprint density at radius 2 is 1.90 bits per heavy atom. The maximum Gasteiger partial charge on any atom is 0.231 e. The minimum Gasteiger partial charge on any atom is -0.291 e. The number of amides is 1. The van der Waals surface area contributed by atoms with Crippen molar-refractivity contribution in [2.75, 3.05) is 11.9 Å². The fraction of sp³-hybridized carbons (Fsp3) is 0.733. The summed E-state index contributed by atoms with van der Waals surface area (Å²) in [6.07, 6.45) is 9.55. The first-order valence-corrected chi connectivity index (χ1v) is 8.80. The molecule has 0 saturated heterocycles. The van der Waals surface area contributed by atoms with Crippen molar-refractivity contribution in [2.24, 2.45) is 5.92 Å². The summed E-state index contributed by atoms with van der Waals surface area (Å²) in [5.41, 5.74) is 0. The van der Waals surface area contributed by atoms with E-state index < -0.39 is 0 Å². The standard InChI is InChI=1S/C15H21ClN2OS/c1-18(14(19)11-8-5-9-11)15-17-13(16)12(20-15)10-6-3-2-4-7-10/h10-11H,2-9H2,1H3. The minimum atomic E-state index is 0.205. The number of halogens is 1. The molecule has 5 heteroatoms. The van der Waals surface area contributed by atoms with Gasteiger partial charge in [0, 0.05) is 17.8 Å². The van der Waals surface area contributed by atoms with Gasteiger partial charge in [-0.1, -0.05) is 48.6 Å². The van der Waals surface area contributed by atoms with E-state index in [1.807, 2.05) is 7.05 Å². The Bertz CT molecular complexity index is 492. The summed E-state index contributed by atoms with van der Waals surface area (Å²) in [4.78, 5) is 19.6. The van der Waals surface area contributed by atoms with Gasteiger partial charge in [-0.3, -0.25) is 9.69 Å². The van der Waals surface area contributed by atoms with Crippen LogP contribution in [-0.2, 0) is 4.79 Å². The van der Waals surface area contributed by atoms with Crippen LogP contribution in [-0.4, -0.2) is 17.9 Å². The van der Waals surface area contributed by atoms with Crippen LogP contribution in [0.2, 0.25) is 5.15 Å². The van der Waals surface area contributed by atoms with Gasteiger partial charge in [0.2, 0.25) is 5.91 Å². The Labute approximate surface area is 129 Å². The second-order valence-corrected chi connectivity index (χ2v) is 7.38. The summed E-state index contributed by atoms with van der Waals surface area (Å²) < 4.78 is 0. The number of hydrogen-bond donors (Lipinski definition) is 0. The number of carbonyl (C=O) groups excluding carboxylic acids is 1. The fourth-order valence-electron chi connectivity index (χ4n) is 3.09. The molecule has 0 bridgehead atoms. The van der Waals surface area contributed by atoms with Crippen molar-refractivity contribution >= 4 is 34.0 Å². The van der Waals surface area contributed by atoms with E-state index in [0.717, 1.165) is 18.0 Å². The van der Waals surface area contributed by atoms with E-state index in [4.69, 9.17) is 11.6 Å². The van der Waals surface area contributed by atoms with Crippen LogP contribution in [0.3, 0.4) is 0 Å². The molecule has 3 rings (SSSR count). The number of carbonyl (C=O) groups is 1. The van der Waals surface area contributed by atoms with Crippen molar-refractivity contribution in [3.63, 3.8) is 0 Å². The van der Waals surface area contributed by atoms with Crippen molar-refractivity contribution in [3.8, 4) is 0 Å². The van der Waals surface area contributed by atoms with Crippen molar-refractivity contribution in [2.45, 2.75) is 57.3 Å². The Kier molecular flexibility index (Phi) is 4.32. The molecule has 20 heavy (non-hydrogen) atoms. The number of aromatic nitrogens is 1. The molecule has 2 aliphatic carbocycles. The summed E-state index contributed by atoms with van der Waals surface area (Å²) in [6.45, 7) is 0. The Hall–Kier alpha value is -0.610. The van der Waals surface area contributed by atoms with Crippen molar-refractivity contribution < 1.29 is 4.79 Å². The minimum absolute atomic E-state index is 0.205. The molecule has 2 fully saturated rings. The highest BCUT2D eigenvalue weighted by Gasteiger charge is 2.30. The molecule has 2 saturated carbocycles. The Balaban J connectivity index is 1.75. The zero-order chi connectivity index (χ0) is 14.1. The number of rotatable bonds is 3. The van der Waals surface area contributed by atoms with Gasteiger partial charge >= 0.3 is 0 Å². The van der Waals surface area contributed by atoms with E-state index in [2.05, 4.69) is 4.98 Å². The molecule has 1 aromatic heterocycles. The molecule has 1 heterocycles. The van der Waals surface area contributed by atoms with Crippen LogP contribution in [0.4, 0.5) is 5.13 Å². The average Bonchev–Trinajstić information content (AvgIpc) is 2.79. The van der Waals surface area contributed by atoms with E-state index >= 15 is 0 Å². The van der Waals surface area contributed by atoms with Gasteiger partial charge in [-0.15, -0.1) is 0 Å². The highest BCUT2D eigenvalue weighted by molar-refractivity contribution is 7.16. The van der Waals surface area contributed by atoms with Gasteiger partial charge in [0.15, 0.2) is 5.13 Å². The molecular formula is C15H21ClN2OS. The van der Waals surface area contributed by atoms with Crippen molar-refractivity contribution in [3.05, 3.63) is 10.0 Å². The maximum atomic E-state index is 12.3. The normalized spacial score (nSPS) is 20.7. The van der Waals surface area contributed by atoms with E-state index in [1.54, 1.807) is 16.2 Å². The Morgan fingerprint density at radius 3 is 2.50 bits per heavy atom. The van der Waals surface area contributed by atoms with Crippen LogP contribution in [0.5, 0.6) is 0 Å². The molecule has 0 unspecified atom stereocenters. The fourth-order valence-corrected chi connectivity index (χ4v) is 4.58. The highest BCUT2D eigenvalue weighted by atomic mass is 35.5. The first kappa shape index (κ1) is 14.3. The third-order valence-electron chi connectivity index (χ3n) is 4.65. The van der Waals surface area contributed by atoms with Crippen molar-refractivity contribution in [1.82, 2.24) is 4.98 Å². The van der Waals surface area contributed by atoms with Gasteiger partial charge in [0.25, 0.3) is 0 Å². The lowest BCUT2D eigenvalue weighted by atomic mass is 9.84. The molecular weight excluding hydrogens is 292 g/mol. The van der Waals surface area contributed by atoms with Gasteiger partial charge in [0.1, 0.15) is 5.15 Å². The van der Waals surface area contributed by atoms with Crippen LogP contribution in [0.1, 0.15) is 62.2 Å². The smallest absolute Gasteiger partial charge is 0.231 e. The highest BCUT2D eigenvalue weighted by Crippen LogP contribution is 2.42. The van der Waals surface area contributed by atoms with Crippen LogP contribution < -0.4 is 4.90 Å². The molecule has 0 atom stereocenters. The largest absolute Gasteiger partial charge is 0.291 e.